The van der Waals surface area contributed by atoms with Gasteiger partial charge in [-0.2, -0.15) is 0 Å². The highest BCUT2D eigenvalue weighted by Crippen LogP contribution is 2.30. The highest BCUT2D eigenvalue weighted by atomic mass is 16.5. The van der Waals surface area contributed by atoms with Crippen LogP contribution in [0.2, 0.25) is 0 Å². The third-order valence-corrected chi connectivity index (χ3v) is 11.5. The van der Waals surface area contributed by atoms with Gasteiger partial charge in [0, 0.05) is 33.2 Å². The molecule has 9 atom stereocenters. The summed E-state index contributed by atoms with van der Waals surface area (Å²) in [6, 6.07) is 7.16. The molecule has 13 heteroatoms. The van der Waals surface area contributed by atoms with Gasteiger partial charge < -0.3 is 29.7 Å². The van der Waals surface area contributed by atoms with Crippen molar-refractivity contribution in [2.45, 2.75) is 128 Å². The maximum absolute atomic E-state index is 14.2. The average molecular weight is 744 g/mol. The quantitative estimate of drug-likeness (QED) is 0.180. The summed E-state index contributed by atoms with van der Waals surface area (Å²) in [6.07, 6.45) is 2.82. The number of hydrogen-bond donors (Lipinski definition) is 3. The summed E-state index contributed by atoms with van der Waals surface area (Å²) < 4.78 is 17.0. The van der Waals surface area contributed by atoms with E-state index in [9.17, 15) is 24.0 Å². The fourth-order valence-corrected chi connectivity index (χ4v) is 8.24. The second kappa shape index (κ2) is 20.3. The normalized spacial score (nSPS) is 22.8. The number of hydrogen-bond acceptors (Lipinski definition) is 10. The second-order valence-electron chi connectivity index (χ2n) is 15.4. The van der Waals surface area contributed by atoms with E-state index in [-0.39, 0.29) is 60.4 Å². The standard InChI is InChI=1S/C40H65N5O8/c1-11-26(4)34(44(7)33(25(2)3)37(48)43-39(50)40(6)20-16-21-41-40)31(51-8)24-32(46)45-22-15-19-30(45)35(52-9)27(5)36(47)42-29(38(49)53-10)23-28-17-13-12-14-18-28/h12-14,17-18,25-27,29-31,33-35,41H,11,15-16,19-24H2,1-10H3,(H,42,47)(H,43,48,50)/t26-,27+,29-,30-,31+,33-,34-,35+,40+/m0/s1. The van der Waals surface area contributed by atoms with Gasteiger partial charge >= 0.3 is 5.97 Å². The Morgan fingerprint density at radius 1 is 1.00 bits per heavy atom. The molecule has 0 aromatic heterocycles. The van der Waals surface area contributed by atoms with Crippen molar-refractivity contribution in [2.75, 3.05) is 41.5 Å². The number of likely N-dealkylation sites (N-methyl/N-ethyl adjacent to an activating group) is 1. The lowest BCUT2D eigenvalue weighted by Gasteiger charge is -2.43. The minimum absolute atomic E-state index is 0.0416. The molecule has 0 saturated carbocycles. The fourth-order valence-electron chi connectivity index (χ4n) is 8.24. The number of amides is 4. The van der Waals surface area contributed by atoms with E-state index < -0.39 is 41.7 Å². The van der Waals surface area contributed by atoms with Gasteiger partial charge in [-0.3, -0.25) is 29.4 Å². The van der Waals surface area contributed by atoms with Gasteiger partial charge in [-0.25, -0.2) is 4.79 Å². The summed E-state index contributed by atoms with van der Waals surface area (Å²) in [7, 11) is 6.28. The maximum Gasteiger partial charge on any atom is 0.328 e. The van der Waals surface area contributed by atoms with Crippen molar-refractivity contribution in [2.24, 2.45) is 17.8 Å². The number of carbonyl (C=O) groups is 5. The zero-order valence-electron chi connectivity index (χ0n) is 33.6. The first-order chi connectivity index (χ1) is 25.1. The van der Waals surface area contributed by atoms with Crippen molar-refractivity contribution in [3.8, 4) is 0 Å². The van der Waals surface area contributed by atoms with Crippen molar-refractivity contribution in [3.05, 3.63) is 35.9 Å². The Morgan fingerprint density at radius 3 is 2.23 bits per heavy atom. The molecule has 53 heavy (non-hydrogen) atoms. The highest BCUT2D eigenvalue weighted by molar-refractivity contribution is 6.02. The van der Waals surface area contributed by atoms with Gasteiger partial charge in [-0.05, 0) is 63.6 Å². The smallest absolute Gasteiger partial charge is 0.328 e. The average Bonchev–Trinajstić information content (AvgIpc) is 3.81. The largest absolute Gasteiger partial charge is 0.467 e. The number of carbonyl (C=O) groups excluding carboxylic acids is 5. The summed E-state index contributed by atoms with van der Waals surface area (Å²) >= 11 is 0. The number of esters is 1. The summed E-state index contributed by atoms with van der Waals surface area (Å²) in [5.41, 5.74) is 0.0913. The molecule has 1 aromatic rings. The number of imide groups is 1. The summed E-state index contributed by atoms with van der Waals surface area (Å²) in [4.78, 5) is 71.3. The van der Waals surface area contributed by atoms with Crippen molar-refractivity contribution in [1.82, 2.24) is 25.8 Å². The predicted molar refractivity (Wildman–Crippen MR) is 203 cm³/mol. The van der Waals surface area contributed by atoms with Gasteiger partial charge in [-0.1, -0.05) is 71.4 Å². The topological polar surface area (TPSA) is 156 Å². The third-order valence-electron chi connectivity index (χ3n) is 11.5. The first-order valence-corrected chi connectivity index (χ1v) is 19.2. The number of nitrogens with zero attached hydrogens (tertiary/aromatic N) is 2. The molecule has 2 aliphatic heterocycles. The Labute approximate surface area is 316 Å². The molecule has 0 unspecified atom stereocenters. The predicted octanol–water partition coefficient (Wildman–Crippen LogP) is 3.09. The van der Waals surface area contributed by atoms with Crippen LogP contribution in [0.25, 0.3) is 0 Å². The number of rotatable bonds is 19. The van der Waals surface area contributed by atoms with E-state index in [1.807, 2.05) is 63.1 Å². The summed E-state index contributed by atoms with van der Waals surface area (Å²) in [5, 5.41) is 8.77. The van der Waals surface area contributed by atoms with Crippen LogP contribution in [0.4, 0.5) is 0 Å². The van der Waals surface area contributed by atoms with Crippen LogP contribution in [-0.2, 0) is 44.6 Å². The molecule has 1 aromatic carbocycles. The van der Waals surface area contributed by atoms with Crippen molar-refractivity contribution in [3.63, 3.8) is 0 Å². The molecule has 2 fully saturated rings. The van der Waals surface area contributed by atoms with Crippen LogP contribution >= 0.6 is 0 Å². The molecule has 3 N–H and O–H groups in total. The van der Waals surface area contributed by atoms with E-state index in [1.165, 1.54) is 14.2 Å². The molecular formula is C40H65N5O8. The Morgan fingerprint density at radius 2 is 1.68 bits per heavy atom. The molecule has 3 rings (SSSR count). The van der Waals surface area contributed by atoms with E-state index in [2.05, 4.69) is 29.8 Å². The molecule has 0 radical (unpaired) electrons. The zero-order chi connectivity index (χ0) is 39.5. The molecule has 2 aliphatic rings. The molecule has 0 spiro atoms. The van der Waals surface area contributed by atoms with E-state index in [0.29, 0.717) is 19.4 Å². The molecule has 2 saturated heterocycles. The van der Waals surface area contributed by atoms with Crippen LogP contribution < -0.4 is 16.0 Å². The van der Waals surface area contributed by atoms with Crippen LogP contribution in [0.1, 0.15) is 85.6 Å². The van der Waals surface area contributed by atoms with Gasteiger partial charge in [0.25, 0.3) is 0 Å². The lowest BCUT2D eigenvalue weighted by atomic mass is 9.87. The maximum atomic E-state index is 14.2. The van der Waals surface area contributed by atoms with Gasteiger partial charge in [-0.15, -0.1) is 0 Å². The van der Waals surface area contributed by atoms with Crippen LogP contribution in [0.15, 0.2) is 30.3 Å². The second-order valence-corrected chi connectivity index (χ2v) is 15.4. The number of likely N-dealkylation sites (tertiary alicyclic amines) is 1. The minimum atomic E-state index is -0.884. The molecule has 0 bridgehead atoms. The Kier molecular flexibility index (Phi) is 16.9. The van der Waals surface area contributed by atoms with Crippen LogP contribution in [0, 0.1) is 17.8 Å². The SMILES string of the molecule is CC[C@H](C)[C@@H]([C@@H](CC(=O)N1CCC[C@H]1[C@H](OC)[C@@H](C)C(=O)N[C@@H](Cc1ccccc1)C(=O)OC)OC)N(C)[C@H](C(=O)NC(=O)[C@@]1(C)CCCN1)C(C)C. The number of ether oxygens (including phenoxy) is 3. The van der Waals surface area contributed by atoms with Gasteiger partial charge in [0.1, 0.15) is 6.04 Å². The molecule has 0 aliphatic carbocycles. The molecule has 4 amide bonds. The van der Waals surface area contributed by atoms with Gasteiger partial charge in [0.2, 0.25) is 23.6 Å². The zero-order valence-corrected chi connectivity index (χ0v) is 33.6. The Balaban J connectivity index is 1.78. The number of methoxy groups -OCH3 is 3. The van der Waals surface area contributed by atoms with Crippen LogP contribution in [0.3, 0.4) is 0 Å². The van der Waals surface area contributed by atoms with Crippen LogP contribution in [0.5, 0.6) is 0 Å². The van der Waals surface area contributed by atoms with Gasteiger partial charge in [0.05, 0.1) is 49.3 Å². The van der Waals surface area contributed by atoms with E-state index in [1.54, 1.807) is 18.9 Å². The molecule has 2 heterocycles. The molecule has 298 valence electrons. The Bertz CT molecular complexity index is 1370. The third kappa shape index (κ3) is 11.1. The Hall–Kier alpha value is -3.39. The summed E-state index contributed by atoms with van der Waals surface area (Å²) in [6.45, 7) is 12.9. The van der Waals surface area contributed by atoms with Crippen LogP contribution in [-0.4, -0.2) is 123 Å². The van der Waals surface area contributed by atoms with Crippen molar-refractivity contribution < 1.29 is 38.2 Å². The highest BCUT2D eigenvalue weighted by Gasteiger charge is 2.44. The van der Waals surface area contributed by atoms with E-state index in [0.717, 1.165) is 31.4 Å². The first-order valence-electron chi connectivity index (χ1n) is 19.2. The lowest BCUT2D eigenvalue weighted by molar-refractivity contribution is -0.147. The number of benzene rings is 1. The molecule has 13 nitrogen and oxygen atoms in total. The van der Waals surface area contributed by atoms with Gasteiger partial charge in [0.15, 0.2) is 0 Å². The van der Waals surface area contributed by atoms with Crippen molar-refractivity contribution >= 4 is 29.6 Å². The van der Waals surface area contributed by atoms with E-state index in [4.69, 9.17) is 14.2 Å². The minimum Gasteiger partial charge on any atom is -0.467 e. The summed E-state index contributed by atoms with van der Waals surface area (Å²) in [5.74, 6) is -2.53. The first kappa shape index (κ1) is 44.0. The van der Waals surface area contributed by atoms with Crippen molar-refractivity contribution in [1.29, 1.82) is 0 Å². The number of nitrogens with one attached hydrogen (secondary N) is 3. The monoisotopic (exact) mass is 743 g/mol. The molecular weight excluding hydrogens is 678 g/mol. The van der Waals surface area contributed by atoms with E-state index >= 15 is 0 Å². The fraction of sp³-hybridized carbons (Fsp3) is 0.725. The lowest BCUT2D eigenvalue weighted by Crippen LogP contribution is -2.61.